The van der Waals surface area contributed by atoms with Crippen molar-refractivity contribution in [2.45, 2.75) is 19.9 Å². The summed E-state index contributed by atoms with van der Waals surface area (Å²) in [5.41, 5.74) is 0. The van der Waals surface area contributed by atoms with Crippen LogP contribution in [0.2, 0.25) is 0 Å². The molecule has 0 fully saturated rings. The first kappa shape index (κ1) is 8.70. The first-order chi connectivity index (χ1) is 5.70. The zero-order valence-corrected chi connectivity index (χ0v) is 6.84. The maximum Gasteiger partial charge on any atom is 0.306 e. The number of carbonyl (C=O) groups is 1. The van der Waals surface area contributed by atoms with Crippen LogP contribution >= 0.6 is 0 Å². The predicted molar refractivity (Wildman–Crippen MR) is 41.4 cm³/mol. The molecule has 12 heavy (non-hydrogen) atoms. The molecule has 0 aliphatic carbocycles. The van der Waals surface area contributed by atoms with E-state index >= 15 is 0 Å². The Morgan fingerprint density at radius 2 is 2.17 bits per heavy atom. The molecular formula is C7H11N3O2. The summed E-state index contributed by atoms with van der Waals surface area (Å²) in [4.78, 5) is 10.4. The molecule has 1 unspecified atom stereocenters. The molecule has 0 radical (unpaired) electrons. The van der Waals surface area contributed by atoms with Gasteiger partial charge in [-0.2, -0.15) is 0 Å². The van der Waals surface area contributed by atoms with Gasteiger partial charge in [0.15, 0.2) is 0 Å². The van der Waals surface area contributed by atoms with Gasteiger partial charge in [0.1, 0.15) is 12.7 Å². The molecular weight excluding hydrogens is 158 g/mol. The molecule has 0 bridgehead atoms. The number of carboxylic acids is 1. The van der Waals surface area contributed by atoms with Gasteiger partial charge in [-0.1, -0.05) is 6.92 Å². The van der Waals surface area contributed by atoms with Crippen LogP contribution in [0.4, 0.5) is 0 Å². The van der Waals surface area contributed by atoms with Crippen molar-refractivity contribution in [3.8, 4) is 0 Å². The maximum absolute atomic E-state index is 10.4. The number of hydrogen-bond acceptors (Lipinski definition) is 3. The Morgan fingerprint density at radius 1 is 1.58 bits per heavy atom. The molecule has 0 saturated heterocycles. The summed E-state index contributed by atoms with van der Waals surface area (Å²) in [6.07, 6.45) is 3.76. The normalized spacial score (nSPS) is 12.8. The van der Waals surface area contributed by atoms with E-state index in [2.05, 4.69) is 10.2 Å². The van der Waals surface area contributed by atoms with Crippen LogP contribution in [0, 0.1) is 5.92 Å². The number of carboxylic acid groups (broad SMARTS) is 1. The van der Waals surface area contributed by atoms with Gasteiger partial charge in [0.25, 0.3) is 0 Å². The molecule has 5 nitrogen and oxygen atoms in total. The zero-order valence-electron chi connectivity index (χ0n) is 6.84. The summed E-state index contributed by atoms with van der Waals surface area (Å²) in [5, 5.41) is 15.8. The van der Waals surface area contributed by atoms with Crippen LogP contribution in [-0.4, -0.2) is 25.8 Å². The zero-order chi connectivity index (χ0) is 8.97. The highest BCUT2D eigenvalue weighted by Crippen LogP contribution is 2.03. The molecule has 1 rings (SSSR count). The average Bonchev–Trinajstić information content (AvgIpc) is 2.51. The lowest BCUT2D eigenvalue weighted by Gasteiger charge is -2.04. The van der Waals surface area contributed by atoms with Crippen LogP contribution in [0.25, 0.3) is 0 Å². The summed E-state index contributed by atoms with van der Waals surface area (Å²) < 4.78 is 1.76. The average molecular weight is 169 g/mol. The predicted octanol–water partition coefficient (Wildman–Crippen LogP) is 0.389. The van der Waals surface area contributed by atoms with Crippen LogP contribution in [0.3, 0.4) is 0 Å². The molecule has 1 heterocycles. The summed E-state index contributed by atoms with van der Waals surface area (Å²) in [6.45, 7) is 2.34. The van der Waals surface area contributed by atoms with Crippen LogP contribution in [-0.2, 0) is 11.3 Å². The highest BCUT2D eigenvalue weighted by molar-refractivity contribution is 5.69. The topological polar surface area (TPSA) is 68.0 Å². The molecule has 0 saturated carbocycles. The van der Waals surface area contributed by atoms with Crippen molar-refractivity contribution in [1.29, 1.82) is 0 Å². The first-order valence-electron chi connectivity index (χ1n) is 3.75. The van der Waals surface area contributed by atoms with Crippen LogP contribution in [0.15, 0.2) is 12.7 Å². The van der Waals surface area contributed by atoms with E-state index in [0.717, 1.165) is 0 Å². The van der Waals surface area contributed by atoms with Gasteiger partial charge in [-0.05, 0) is 6.42 Å². The second-order valence-corrected chi connectivity index (χ2v) is 2.73. The number of aliphatic carboxylic acids is 1. The summed E-state index contributed by atoms with van der Waals surface area (Å²) in [7, 11) is 0. The number of nitrogens with zero attached hydrogens (tertiary/aromatic N) is 3. The summed E-state index contributed by atoms with van der Waals surface area (Å²) in [6, 6.07) is 0. The van der Waals surface area contributed by atoms with E-state index in [1.54, 1.807) is 24.1 Å². The van der Waals surface area contributed by atoms with Crippen molar-refractivity contribution in [2.75, 3.05) is 0 Å². The molecule has 0 aromatic carbocycles. The molecule has 66 valence electrons. The van der Waals surface area contributed by atoms with Gasteiger partial charge in [0.05, 0.1) is 5.92 Å². The Bertz CT molecular complexity index is 245. The molecule has 1 N–H and O–H groups in total. The fourth-order valence-corrected chi connectivity index (χ4v) is 0.804. The lowest BCUT2D eigenvalue weighted by atomic mass is 10.1. The van der Waals surface area contributed by atoms with Gasteiger partial charge in [0, 0.05) is 6.54 Å². The van der Waals surface area contributed by atoms with Gasteiger partial charge in [0.2, 0.25) is 0 Å². The lowest BCUT2D eigenvalue weighted by molar-refractivity contribution is -0.141. The van der Waals surface area contributed by atoms with Crippen molar-refractivity contribution in [2.24, 2.45) is 5.92 Å². The highest BCUT2D eigenvalue weighted by atomic mass is 16.4. The van der Waals surface area contributed by atoms with E-state index in [1.165, 1.54) is 0 Å². The molecule has 0 spiro atoms. The minimum atomic E-state index is -0.761. The van der Waals surface area contributed by atoms with Crippen LogP contribution in [0.5, 0.6) is 0 Å². The Labute approximate surface area is 70.0 Å². The fraction of sp³-hybridized carbons (Fsp3) is 0.571. The van der Waals surface area contributed by atoms with E-state index in [4.69, 9.17) is 5.11 Å². The SMILES string of the molecule is CC(CCn1cnnc1)C(=O)O. The largest absolute Gasteiger partial charge is 0.481 e. The molecule has 5 heteroatoms. The standard InChI is InChI=1S/C7H11N3O2/c1-6(7(11)12)2-3-10-4-8-9-5-10/h4-6H,2-3H2,1H3,(H,11,12). The van der Waals surface area contributed by atoms with Crippen molar-refractivity contribution in [3.05, 3.63) is 12.7 Å². The summed E-state index contributed by atoms with van der Waals surface area (Å²) in [5.74, 6) is -1.07. The Balaban J connectivity index is 2.31. The van der Waals surface area contributed by atoms with Crippen molar-refractivity contribution in [3.63, 3.8) is 0 Å². The van der Waals surface area contributed by atoms with Crippen molar-refractivity contribution in [1.82, 2.24) is 14.8 Å². The highest BCUT2D eigenvalue weighted by Gasteiger charge is 2.09. The van der Waals surface area contributed by atoms with Crippen molar-refractivity contribution >= 4 is 5.97 Å². The summed E-state index contributed by atoms with van der Waals surface area (Å²) >= 11 is 0. The molecule has 0 amide bonds. The first-order valence-corrected chi connectivity index (χ1v) is 3.75. The van der Waals surface area contributed by atoms with Crippen LogP contribution in [0.1, 0.15) is 13.3 Å². The third-order valence-electron chi connectivity index (χ3n) is 1.71. The lowest BCUT2D eigenvalue weighted by Crippen LogP contribution is -2.11. The number of aryl methyl sites for hydroxylation is 1. The fourth-order valence-electron chi connectivity index (χ4n) is 0.804. The van der Waals surface area contributed by atoms with Gasteiger partial charge >= 0.3 is 5.97 Å². The van der Waals surface area contributed by atoms with Crippen LogP contribution < -0.4 is 0 Å². The Morgan fingerprint density at radius 3 is 2.67 bits per heavy atom. The quantitative estimate of drug-likeness (QED) is 0.707. The number of rotatable bonds is 4. The maximum atomic E-state index is 10.4. The number of hydrogen-bond donors (Lipinski definition) is 1. The van der Waals surface area contributed by atoms with E-state index < -0.39 is 5.97 Å². The van der Waals surface area contributed by atoms with E-state index in [1.807, 2.05) is 0 Å². The number of aromatic nitrogens is 3. The smallest absolute Gasteiger partial charge is 0.306 e. The molecule has 0 aliphatic heterocycles. The monoisotopic (exact) mass is 169 g/mol. The van der Waals surface area contributed by atoms with Gasteiger partial charge in [-0.3, -0.25) is 4.79 Å². The van der Waals surface area contributed by atoms with Gasteiger partial charge in [-0.25, -0.2) is 0 Å². The van der Waals surface area contributed by atoms with E-state index in [0.29, 0.717) is 13.0 Å². The Kier molecular flexibility index (Phi) is 2.79. The van der Waals surface area contributed by atoms with E-state index in [9.17, 15) is 4.79 Å². The van der Waals surface area contributed by atoms with Gasteiger partial charge < -0.3 is 9.67 Å². The minimum Gasteiger partial charge on any atom is -0.481 e. The molecule has 1 aromatic heterocycles. The third-order valence-corrected chi connectivity index (χ3v) is 1.71. The Hall–Kier alpha value is -1.39. The van der Waals surface area contributed by atoms with Gasteiger partial charge in [-0.15, -0.1) is 10.2 Å². The third kappa shape index (κ3) is 2.34. The van der Waals surface area contributed by atoms with E-state index in [-0.39, 0.29) is 5.92 Å². The molecule has 1 atom stereocenters. The van der Waals surface area contributed by atoms with Crippen molar-refractivity contribution < 1.29 is 9.90 Å². The second kappa shape index (κ2) is 3.85. The molecule has 1 aromatic rings. The minimum absolute atomic E-state index is 0.313. The second-order valence-electron chi connectivity index (χ2n) is 2.73. The molecule has 0 aliphatic rings.